The fraction of sp³-hybridized carbons (Fsp3) is 0.0714. The van der Waals surface area contributed by atoms with E-state index < -0.39 is 5.97 Å². The van der Waals surface area contributed by atoms with Crippen molar-refractivity contribution in [3.8, 4) is 16.9 Å². The topological polar surface area (TPSA) is 57.5 Å². The van der Waals surface area contributed by atoms with Crippen LogP contribution in [0.15, 0.2) is 42.5 Å². The molecule has 0 aromatic heterocycles. The molecule has 3 heteroatoms. The van der Waals surface area contributed by atoms with Gasteiger partial charge in [0.2, 0.25) is 0 Å². The lowest BCUT2D eigenvalue weighted by molar-refractivity contribution is 0.0694. The fourth-order valence-corrected chi connectivity index (χ4v) is 1.81. The molecular weight excluding hydrogens is 216 g/mol. The summed E-state index contributed by atoms with van der Waals surface area (Å²) < 4.78 is 0. The van der Waals surface area contributed by atoms with E-state index in [0.717, 1.165) is 11.1 Å². The molecule has 0 aliphatic carbocycles. The van der Waals surface area contributed by atoms with Gasteiger partial charge < -0.3 is 10.2 Å². The molecular formula is C14H12O3. The minimum Gasteiger partial charge on any atom is -0.506 e. The van der Waals surface area contributed by atoms with Gasteiger partial charge in [0.25, 0.3) is 0 Å². The number of hydrogen-bond acceptors (Lipinski definition) is 2. The highest BCUT2D eigenvalue weighted by molar-refractivity contribution is 5.94. The molecule has 0 aliphatic heterocycles. The Labute approximate surface area is 99.0 Å². The second kappa shape index (κ2) is 4.29. The second-order valence-electron chi connectivity index (χ2n) is 3.82. The first kappa shape index (κ1) is 11.2. The summed E-state index contributed by atoms with van der Waals surface area (Å²) in [5, 5.41) is 18.9. The van der Waals surface area contributed by atoms with E-state index in [0.29, 0.717) is 5.56 Å². The summed E-state index contributed by atoms with van der Waals surface area (Å²) in [5.74, 6) is -1.31. The molecule has 17 heavy (non-hydrogen) atoms. The van der Waals surface area contributed by atoms with E-state index in [9.17, 15) is 9.90 Å². The van der Waals surface area contributed by atoms with Gasteiger partial charge in [-0.1, -0.05) is 36.4 Å². The molecule has 3 nitrogen and oxygen atoms in total. The normalized spacial score (nSPS) is 10.2. The minimum atomic E-state index is -1.13. The maximum Gasteiger partial charge on any atom is 0.339 e. The zero-order chi connectivity index (χ0) is 12.4. The van der Waals surface area contributed by atoms with Crippen molar-refractivity contribution in [3.05, 3.63) is 53.6 Å². The third-order valence-corrected chi connectivity index (χ3v) is 2.70. The Morgan fingerprint density at radius 2 is 1.65 bits per heavy atom. The standard InChI is InChI=1S/C14H12O3/c1-9-5-2-3-6-10(9)11-7-4-8-12(13(11)15)14(16)17/h2-8,15H,1H3,(H,16,17). The van der Waals surface area contributed by atoms with E-state index in [1.807, 2.05) is 31.2 Å². The number of carboxylic acids is 1. The largest absolute Gasteiger partial charge is 0.506 e. The SMILES string of the molecule is Cc1ccccc1-c1cccc(C(=O)O)c1O. The average Bonchev–Trinajstić information content (AvgIpc) is 2.30. The third-order valence-electron chi connectivity index (χ3n) is 2.70. The number of benzene rings is 2. The average molecular weight is 228 g/mol. The smallest absolute Gasteiger partial charge is 0.339 e. The van der Waals surface area contributed by atoms with Crippen molar-refractivity contribution in [1.29, 1.82) is 0 Å². The van der Waals surface area contributed by atoms with E-state index in [4.69, 9.17) is 5.11 Å². The van der Waals surface area contributed by atoms with Gasteiger partial charge in [-0.2, -0.15) is 0 Å². The molecule has 0 bridgehead atoms. The Bertz CT molecular complexity index is 573. The van der Waals surface area contributed by atoms with Crippen LogP contribution >= 0.6 is 0 Å². The van der Waals surface area contributed by atoms with Gasteiger partial charge in [-0.25, -0.2) is 4.79 Å². The minimum absolute atomic E-state index is 0.0780. The predicted molar refractivity (Wildman–Crippen MR) is 65.2 cm³/mol. The molecule has 0 unspecified atom stereocenters. The number of para-hydroxylation sites is 1. The molecule has 0 amide bonds. The van der Waals surface area contributed by atoms with Crippen LogP contribution in [0.25, 0.3) is 11.1 Å². The van der Waals surface area contributed by atoms with Crippen molar-refractivity contribution in [2.75, 3.05) is 0 Å². The van der Waals surface area contributed by atoms with Gasteiger partial charge in [-0.3, -0.25) is 0 Å². The molecule has 0 saturated heterocycles. The van der Waals surface area contributed by atoms with E-state index in [1.165, 1.54) is 6.07 Å². The third kappa shape index (κ3) is 1.99. The molecule has 0 spiro atoms. The molecule has 2 aromatic rings. The van der Waals surface area contributed by atoms with Crippen molar-refractivity contribution in [3.63, 3.8) is 0 Å². The van der Waals surface area contributed by atoms with Gasteiger partial charge in [0.05, 0.1) is 0 Å². The van der Waals surface area contributed by atoms with Gasteiger partial charge in [-0.15, -0.1) is 0 Å². The van der Waals surface area contributed by atoms with Crippen LogP contribution in [0.4, 0.5) is 0 Å². The quantitative estimate of drug-likeness (QED) is 0.830. The fourth-order valence-electron chi connectivity index (χ4n) is 1.81. The second-order valence-corrected chi connectivity index (χ2v) is 3.82. The lowest BCUT2D eigenvalue weighted by Crippen LogP contribution is -1.97. The van der Waals surface area contributed by atoms with Crippen LogP contribution in [0.1, 0.15) is 15.9 Å². The molecule has 2 rings (SSSR count). The zero-order valence-electron chi connectivity index (χ0n) is 9.34. The molecule has 0 heterocycles. The highest BCUT2D eigenvalue weighted by Crippen LogP contribution is 2.33. The molecule has 0 fully saturated rings. The van der Waals surface area contributed by atoms with Gasteiger partial charge in [0.1, 0.15) is 11.3 Å². The molecule has 2 aromatic carbocycles. The number of aryl methyl sites for hydroxylation is 1. The predicted octanol–water partition coefficient (Wildman–Crippen LogP) is 3.07. The Morgan fingerprint density at radius 1 is 1.00 bits per heavy atom. The van der Waals surface area contributed by atoms with Gasteiger partial charge in [-0.05, 0) is 24.1 Å². The first-order valence-corrected chi connectivity index (χ1v) is 5.22. The monoisotopic (exact) mass is 228 g/mol. The summed E-state index contributed by atoms with van der Waals surface area (Å²) in [6.07, 6.45) is 0. The van der Waals surface area contributed by atoms with Crippen LogP contribution in [-0.2, 0) is 0 Å². The number of carbonyl (C=O) groups is 1. The Balaban J connectivity index is 2.65. The molecule has 0 radical (unpaired) electrons. The van der Waals surface area contributed by atoms with Crippen LogP contribution in [0, 0.1) is 6.92 Å². The van der Waals surface area contributed by atoms with E-state index in [1.54, 1.807) is 12.1 Å². The summed E-state index contributed by atoms with van der Waals surface area (Å²) in [6, 6.07) is 12.3. The molecule has 0 atom stereocenters. The lowest BCUT2D eigenvalue weighted by Gasteiger charge is -2.09. The van der Waals surface area contributed by atoms with Crippen molar-refractivity contribution in [1.82, 2.24) is 0 Å². The summed E-state index contributed by atoms with van der Waals surface area (Å²) in [4.78, 5) is 10.9. The van der Waals surface area contributed by atoms with Crippen LogP contribution in [0.2, 0.25) is 0 Å². The van der Waals surface area contributed by atoms with Crippen molar-refractivity contribution < 1.29 is 15.0 Å². The van der Waals surface area contributed by atoms with Crippen LogP contribution < -0.4 is 0 Å². The van der Waals surface area contributed by atoms with Crippen LogP contribution in [0.3, 0.4) is 0 Å². The van der Waals surface area contributed by atoms with Crippen molar-refractivity contribution in [2.24, 2.45) is 0 Å². The molecule has 0 saturated carbocycles. The zero-order valence-corrected chi connectivity index (χ0v) is 9.34. The lowest BCUT2D eigenvalue weighted by atomic mass is 9.98. The summed E-state index contributed by atoms with van der Waals surface area (Å²) >= 11 is 0. The van der Waals surface area contributed by atoms with E-state index in [-0.39, 0.29) is 11.3 Å². The number of phenols is 1. The highest BCUT2D eigenvalue weighted by atomic mass is 16.4. The maximum absolute atomic E-state index is 10.9. The van der Waals surface area contributed by atoms with Crippen molar-refractivity contribution in [2.45, 2.75) is 6.92 Å². The Hall–Kier alpha value is -2.29. The van der Waals surface area contributed by atoms with Gasteiger partial charge >= 0.3 is 5.97 Å². The summed E-state index contributed by atoms with van der Waals surface area (Å²) in [7, 11) is 0. The van der Waals surface area contributed by atoms with Crippen molar-refractivity contribution >= 4 is 5.97 Å². The first-order chi connectivity index (χ1) is 8.11. The summed E-state index contributed by atoms with van der Waals surface area (Å²) in [6.45, 7) is 1.92. The number of carboxylic acid groups (broad SMARTS) is 1. The highest BCUT2D eigenvalue weighted by Gasteiger charge is 2.14. The molecule has 0 aliphatic rings. The van der Waals surface area contributed by atoms with Gasteiger partial charge in [0, 0.05) is 5.56 Å². The number of rotatable bonds is 2. The van der Waals surface area contributed by atoms with E-state index >= 15 is 0 Å². The first-order valence-electron chi connectivity index (χ1n) is 5.22. The Morgan fingerprint density at radius 3 is 2.29 bits per heavy atom. The summed E-state index contributed by atoms with van der Waals surface area (Å²) in [5.41, 5.74) is 2.30. The van der Waals surface area contributed by atoms with Gasteiger partial charge in [0.15, 0.2) is 0 Å². The number of aromatic carboxylic acids is 1. The maximum atomic E-state index is 10.9. The number of hydrogen-bond donors (Lipinski definition) is 2. The van der Waals surface area contributed by atoms with Crippen LogP contribution in [0.5, 0.6) is 5.75 Å². The van der Waals surface area contributed by atoms with Crippen LogP contribution in [-0.4, -0.2) is 16.2 Å². The molecule has 2 N–H and O–H groups in total. The number of aromatic hydroxyl groups is 1. The van der Waals surface area contributed by atoms with E-state index in [2.05, 4.69) is 0 Å². The Kier molecular flexibility index (Phi) is 2.83. The molecule has 86 valence electrons.